The molecule has 1 aliphatic heterocycles. The molecular weight excluding hydrogens is 427 g/mol. The van der Waals surface area contributed by atoms with E-state index < -0.39 is 17.7 Å². The molecule has 166 valence electrons. The summed E-state index contributed by atoms with van der Waals surface area (Å²) in [7, 11) is 0. The number of aryl methyl sites for hydroxylation is 1. The number of halogens is 2. The third-order valence-corrected chi connectivity index (χ3v) is 5.72. The largest absolute Gasteiger partial charge is 0.463 e. The van der Waals surface area contributed by atoms with Crippen molar-refractivity contribution in [2.45, 2.75) is 45.4 Å². The summed E-state index contributed by atoms with van der Waals surface area (Å²) in [4.78, 5) is 16.9. The maximum Gasteiger partial charge on any atom is 0.335 e. The van der Waals surface area contributed by atoms with E-state index in [-0.39, 0.29) is 11.6 Å². The van der Waals surface area contributed by atoms with Crippen LogP contribution in [0, 0.1) is 12.4 Å². The highest BCUT2D eigenvalue weighted by Gasteiger charge is 2.37. The fraction of sp³-hybridized carbons (Fsp3) is 0.308. The first-order chi connectivity index (χ1) is 15.5. The molecule has 0 amide bonds. The standard InChI is InChI=1S/C26H26ClFN2O2/c1-4-9-21-24(26(31)32-5-2)23(19-14-13-18(28)16-20(19)27)25(29-3)22(30-21)15-12-17-10-7-6-8-11-17/h6-8,10-11,13-14,16,23,30H,4-5,9,12,15H2,1-2H3. The predicted molar refractivity (Wildman–Crippen MR) is 124 cm³/mol. The molecule has 1 N–H and O–H groups in total. The van der Waals surface area contributed by atoms with Crippen molar-refractivity contribution in [3.63, 3.8) is 0 Å². The van der Waals surface area contributed by atoms with Gasteiger partial charge in [0.05, 0.1) is 24.7 Å². The van der Waals surface area contributed by atoms with Gasteiger partial charge in [0.1, 0.15) is 5.82 Å². The van der Waals surface area contributed by atoms with E-state index in [0.29, 0.717) is 29.7 Å². The Labute approximate surface area is 193 Å². The molecule has 3 rings (SSSR count). The summed E-state index contributed by atoms with van der Waals surface area (Å²) in [6.07, 6.45) is 2.75. The van der Waals surface area contributed by atoms with E-state index in [1.165, 1.54) is 12.1 Å². The summed E-state index contributed by atoms with van der Waals surface area (Å²) in [5, 5.41) is 3.55. The Morgan fingerprint density at radius 3 is 2.50 bits per heavy atom. The summed E-state index contributed by atoms with van der Waals surface area (Å²) >= 11 is 6.42. The Morgan fingerprint density at radius 2 is 1.88 bits per heavy atom. The van der Waals surface area contributed by atoms with Crippen molar-refractivity contribution < 1.29 is 13.9 Å². The highest BCUT2D eigenvalue weighted by Crippen LogP contribution is 2.43. The Morgan fingerprint density at radius 1 is 1.12 bits per heavy atom. The molecule has 32 heavy (non-hydrogen) atoms. The SMILES string of the molecule is [C-]#[N+]C1=C(CCc2ccccc2)NC(CCC)=C(C(=O)OCC)C1c1ccc(F)cc1Cl. The fourth-order valence-electron chi connectivity index (χ4n) is 3.97. The number of allylic oxidation sites excluding steroid dienone is 3. The molecule has 0 saturated heterocycles. The van der Waals surface area contributed by atoms with Gasteiger partial charge in [-0.3, -0.25) is 0 Å². The lowest BCUT2D eigenvalue weighted by Gasteiger charge is -2.31. The summed E-state index contributed by atoms with van der Waals surface area (Å²) in [6.45, 7) is 11.9. The van der Waals surface area contributed by atoms with Gasteiger partial charge >= 0.3 is 5.97 Å². The molecule has 0 fully saturated rings. The number of hydrogen-bond acceptors (Lipinski definition) is 3. The predicted octanol–water partition coefficient (Wildman–Crippen LogP) is 6.55. The Bertz CT molecular complexity index is 1090. The van der Waals surface area contributed by atoms with Gasteiger partial charge < -0.3 is 10.1 Å². The lowest BCUT2D eigenvalue weighted by atomic mass is 9.82. The van der Waals surface area contributed by atoms with Crippen molar-refractivity contribution in [1.29, 1.82) is 0 Å². The fourth-order valence-corrected chi connectivity index (χ4v) is 4.25. The number of carbonyl (C=O) groups excluding carboxylic acids is 1. The molecule has 0 spiro atoms. The van der Waals surface area contributed by atoms with Crippen LogP contribution in [0.4, 0.5) is 4.39 Å². The van der Waals surface area contributed by atoms with E-state index >= 15 is 0 Å². The minimum Gasteiger partial charge on any atom is -0.463 e. The number of carbonyl (C=O) groups is 1. The number of nitrogens with zero attached hydrogens (tertiary/aromatic N) is 1. The average molecular weight is 453 g/mol. The van der Waals surface area contributed by atoms with Crippen molar-refractivity contribution >= 4 is 17.6 Å². The normalized spacial score (nSPS) is 15.9. The van der Waals surface area contributed by atoms with E-state index in [1.54, 1.807) is 13.0 Å². The Hall–Kier alpha value is -3.10. The highest BCUT2D eigenvalue weighted by molar-refractivity contribution is 6.31. The lowest BCUT2D eigenvalue weighted by Crippen LogP contribution is -2.30. The van der Waals surface area contributed by atoms with E-state index in [0.717, 1.165) is 29.8 Å². The summed E-state index contributed by atoms with van der Waals surface area (Å²) in [6, 6.07) is 14.1. The maximum atomic E-state index is 13.8. The van der Waals surface area contributed by atoms with E-state index in [4.69, 9.17) is 22.9 Å². The van der Waals surface area contributed by atoms with Crippen LogP contribution in [-0.4, -0.2) is 12.6 Å². The molecule has 1 atom stereocenters. The van der Waals surface area contributed by atoms with Crippen molar-refractivity contribution in [3.8, 4) is 0 Å². The van der Waals surface area contributed by atoms with Gasteiger partial charge in [-0.25, -0.2) is 14.0 Å². The minimum atomic E-state index is -0.715. The van der Waals surface area contributed by atoms with E-state index in [1.807, 2.05) is 37.3 Å². The number of rotatable bonds is 8. The topological polar surface area (TPSA) is 42.7 Å². The van der Waals surface area contributed by atoms with Crippen molar-refractivity contribution in [2.75, 3.05) is 6.61 Å². The van der Waals surface area contributed by atoms with Crippen LogP contribution in [-0.2, 0) is 16.0 Å². The number of benzene rings is 2. The molecule has 0 bridgehead atoms. The number of nitrogens with one attached hydrogen (secondary N) is 1. The van der Waals surface area contributed by atoms with Crippen molar-refractivity contribution in [1.82, 2.24) is 5.32 Å². The first-order valence-corrected chi connectivity index (χ1v) is 11.1. The van der Waals surface area contributed by atoms with Crippen LogP contribution in [0.25, 0.3) is 4.85 Å². The molecule has 0 radical (unpaired) electrons. The average Bonchev–Trinajstić information content (AvgIpc) is 2.78. The molecule has 0 aliphatic carbocycles. The number of hydrogen-bond donors (Lipinski definition) is 1. The first-order valence-electron chi connectivity index (χ1n) is 10.8. The molecule has 2 aromatic carbocycles. The van der Waals surface area contributed by atoms with Gasteiger partial charge in [-0.15, -0.1) is 0 Å². The van der Waals surface area contributed by atoms with Crippen LogP contribution in [0.2, 0.25) is 5.02 Å². The molecule has 1 aliphatic rings. The van der Waals surface area contributed by atoms with Gasteiger partial charge in [0.25, 0.3) is 0 Å². The molecule has 6 heteroatoms. The molecule has 2 aromatic rings. The molecule has 0 aromatic heterocycles. The molecular formula is C26H26ClFN2O2. The Kier molecular flexibility index (Phi) is 8.08. The van der Waals surface area contributed by atoms with Gasteiger partial charge in [0, 0.05) is 16.4 Å². The Balaban J connectivity index is 2.13. The van der Waals surface area contributed by atoms with Crippen LogP contribution < -0.4 is 5.32 Å². The lowest BCUT2D eigenvalue weighted by molar-refractivity contribution is -0.138. The molecule has 1 heterocycles. The zero-order valence-electron chi connectivity index (χ0n) is 18.3. The minimum absolute atomic E-state index is 0.179. The molecule has 4 nitrogen and oxygen atoms in total. The molecule has 1 unspecified atom stereocenters. The maximum absolute atomic E-state index is 13.8. The summed E-state index contributed by atoms with van der Waals surface area (Å²) in [5.74, 6) is -1.67. The van der Waals surface area contributed by atoms with Crippen molar-refractivity contribution in [2.24, 2.45) is 0 Å². The van der Waals surface area contributed by atoms with Crippen LogP contribution in [0.1, 0.15) is 50.2 Å². The van der Waals surface area contributed by atoms with Gasteiger partial charge in [-0.2, -0.15) is 0 Å². The molecule has 0 saturated carbocycles. The first kappa shape index (κ1) is 23.6. The van der Waals surface area contributed by atoms with Crippen LogP contribution >= 0.6 is 11.6 Å². The van der Waals surface area contributed by atoms with Gasteiger partial charge in [0.2, 0.25) is 0 Å². The monoisotopic (exact) mass is 452 g/mol. The third kappa shape index (κ3) is 5.20. The second-order valence-electron chi connectivity index (χ2n) is 7.55. The number of dihydropyridines is 1. The number of ether oxygens (including phenoxy) is 1. The quantitative estimate of drug-likeness (QED) is 0.365. The zero-order valence-corrected chi connectivity index (χ0v) is 19.0. The second-order valence-corrected chi connectivity index (χ2v) is 7.95. The summed E-state index contributed by atoms with van der Waals surface area (Å²) < 4.78 is 19.1. The number of esters is 1. The van der Waals surface area contributed by atoms with Gasteiger partial charge in [-0.1, -0.05) is 61.3 Å². The van der Waals surface area contributed by atoms with E-state index in [2.05, 4.69) is 10.2 Å². The van der Waals surface area contributed by atoms with Crippen LogP contribution in [0.3, 0.4) is 0 Å². The van der Waals surface area contributed by atoms with Gasteiger partial charge in [-0.05, 0) is 49.4 Å². The second kappa shape index (κ2) is 11.0. The van der Waals surface area contributed by atoms with Crippen molar-refractivity contribution in [3.05, 3.63) is 105 Å². The highest BCUT2D eigenvalue weighted by atomic mass is 35.5. The summed E-state index contributed by atoms with van der Waals surface area (Å²) in [5.41, 5.74) is 3.92. The zero-order chi connectivity index (χ0) is 23.1. The van der Waals surface area contributed by atoms with Crippen LogP contribution in [0.15, 0.2) is 71.2 Å². The smallest absolute Gasteiger partial charge is 0.335 e. The van der Waals surface area contributed by atoms with E-state index in [9.17, 15) is 9.18 Å². The van der Waals surface area contributed by atoms with Crippen LogP contribution in [0.5, 0.6) is 0 Å². The third-order valence-electron chi connectivity index (χ3n) is 5.39. The van der Waals surface area contributed by atoms with Gasteiger partial charge in [0.15, 0.2) is 5.70 Å².